The van der Waals surface area contributed by atoms with Crippen LogP contribution in [0.4, 0.5) is 16.3 Å². The molecule has 0 bridgehead atoms. The van der Waals surface area contributed by atoms with Gasteiger partial charge >= 0.3 is 6.03 Å². The molecule has 1 aromatic carbocycles. The van der Waals surface area contributed by atoms with Gasteiger partial charge in [-0.2, -0.15) is 10.4 Å². The van der Waals surface area contributed by atoms with E-state index in [2.05, 4.69) is 15.7 Å². The van der Waals surface area contributed by atoms with Crippen molar-refractivity contribution in [2.75, 3.05) is 10.6 Å². The first-order valence-electron chi connectivity index (χ1n) is 7.80. The Morgan fingerprint density at radius 2 is 2.17 bits per heavy atom. The van der Waals surface area contributed by atoms with Crippen LogP contribution in [-0.2, 0) is 13.0 Å². The van der Waals surface area contributed by atoms with Gasteiger partial charge in [-0.25, -0.2) is 4.79 Å². The van der Waals surface area contributed by atoms with Gasteiger partial charge in [0.15, 0.2) is 11.6 Å². The van der Waals surface area contributed by atoms with Gasteiger partial charge in [-0.05, 0) is 30.5 Å². The molecule has 0 saturated carbocycles. The van der Waals surface area contributed by atoms with Gasteiger partial charge in [0, 0.05) is 29.9 Å². The molecule has 122 valence electrons. The third-order valence-electron chi connectivity index (χ3n) is 3.85. The van der Waals surface area contributed by atoms with E-state index in [1.807, 2.05) is 12.1 Å². The predicted octanol–water partition coefficient (Wildman–Crippen LogP) is 2.96. The number of anilines is 2. The number of ketones is 1. The second kappa shape index (κ2) is 6.96. The molecule has 2 aromatic rings. The molecular weight excluding hydrogens is 306 g/mol. The maximum absolute atomic E-state index is 12.0. The number of hydrogen-bond donors (Lipinski definition) is 2. The summed E-state index contributed by atoms with van der Waals surface area (Å²) in [6.45, 7) is 0.479. The number of amides is 2. The van der Waals surface area contributed by atoms with Crippen LogP contribution in [0, 0.1) is 11.3 Å². The highest BCUT2D eigenvalue weighted by Gasteiger charge is 2.17. The normalized spacial score (nSPS) is 13.0. The van der Waals surface area contributed by atoms with Gasteiger partial charge in [-0.3, -0.25) is 14.8 Å². The number of nitrogens with zero attached hydrogens (tertiary/aromatic N) is 3. The zero-order valence-electron chi connectivity index (χ0n) is 13.1. The van der Waals surface area contributed by atoms with E-state index in [-0.39, 0.29) is 5.78 Å². The van der Waals surface area contributed by atoms with Crippen LogP contribution in [0.3, 0.4) is 0 Å². The second-order valence-corrected chi connectivity index (χ2v) is 5.60. The Kier molecular flexibility index (Phi) is 4.57. The molecule has 3 rings (SSSR count). The van der Waals surface area contributed by atoms with E-state index in [0.29, 0.717) is 36.5 Å². The number of carbonyl (C=O) groups is 2. The van der Waals surface area contributed by atoms with Crippen molar-refractivity contribution >= 4 is 23.3 Å². The topological polar surface area (TPSA) is 99.8 Å². The summed E-state index contributed by atoms with van der Waals surface area (Å²) in [5.74, 6) is 0.524. The minimum Gasteiger partial charge on any atom is -0.308 e. The Morgan fingerprint density at radius 3 is 3.00 bits per heavy atom. The summed E-state index contributed by atoms with van der Waals surface area (Å²) in [7, 11) is 0. The fraction of sp³-hybridized carbons (Fsp3) is 0.294. The van der Waals surface area contributed by atoms with E-state index in [1.54, 1.807) is 29.1 Å². The van der Waals surface area contributed by atoms with Crippen LogP contribution in [-0.4, -0.2) is 21.6 Å². The smallest absolute Gasteiger partial charge is 0.308 e. The van der Waals surface area contributed by atoms with E-state index in [9.17, 15) is 9.59 Å². The lowest BCUT2D eigenvalue weighted by Gasteiger charge is -2.15. The van der Waals surface area contributed by atoms with E-state index in [1.165, 1.54) is 0 Å². The monoisotopic (exact) mass is 323 g/mol. The summed E-state index contributed by atoms with van der Waals surface area (Å²) in [6.07, 6.45) is 4.39. The Labute approximate surface area is 139 Å². The Bertz CT molecular complexity index is 819. The average molecular weight is 323 g/mol. The van der Waals surface area contributed by atoms with Crippen molar-refractivity contribution in [3.05, 3.63) is 41.6 Å². The van der Waals surface area contributed by atoms with Gasteiger partial charge in [0.1, 0.15) is 0 Å². The molecule has 1 aromatic heterocycles. The number of nitriles is 1. The number of urea groups is 1. The minimum atomic E-state index is -0.427. The first-order valence-corrected chi connectivity index (χ1v) is 7.80. The molecule has 0 fully saturated rings. The van der Waals surface area contributed by atoms with E-state index >= 15 is 0 Å². The number of fused-ring (bicyclic) bond motifs is 1. The van der Waals surface area contributed by atoms with E-state index in [4.69, 9.17) is 5.26 Å². The maximum Gasteiger partial charge on any atom is 0.324 e. The number of hydrogen-bond acceptors (Lipinski definition) is 4. The first-order chi connectivity index (χ1) is 11.7. The maximum atomic E-state index is 12.0. The summed E-state index contributed by atoms with van der Waals surface area (Å²) in [5.41, 5.74) is 2.30. The van der Waals surface area contributed by atoms with Crippen LogP contribution in [0.2, 0.25) is 0 Å². The fourth-order valence-electron chi connectivity index (χ4n) is 2.70. The lowest BCUT2D eigenvalue weighted by atomic mass is 9.90. The van der Waals surface area contributed by atoms with Gasteiger partial charge in [-0.1, -0.05) is 6.07 Å². The van der Waals surface area contributed by atoms with Crippen molar-refractivity contribution in [2.24, 2.45) is 0 Å². The SMILES string of the molecule is N#CCCn1ccc(NC(=O)Nc2ccc3c(c2)C(=O)CCC3)n1. The number of aryl methyl sites for hydroxylation is 2. The molecule has 0 radical (unpaired) electrons. The van der Waals surface area contributed by atoms with Crippen molar-refractivity contribution in [3.8, 4) is 6.07 Å². The van der Waals surface area contributed by atoms with Gasteiger partial charge in [-0.15, -0.1) is 0 Å². The highest BCUT2D eigenvalue weighted by atomic mass is 16.2. The van der Waals surface area contributed by atoms with Crippen LogP contribution in [0.1, 0.15) is 35.2 Å². The molecule has 0 atom stereocenters. The number of Topliss-reactive ketones (excluding diaryl/α,β-unsaturated/α-hetero) is 1. The van der Waals surface area contributed by atoms with Gasteiger partial charge in [0.05, 0.1) is 19.0 Å². The summed E-state index contributed by atoms with van der Waals surface area (Å²) in [6, 6.07) is 8.68. The molecule has 7 nitrogen and oxygen atoms in total. The number of aromatic nitrogens is 2. The zero-order chi connectivity index (χ0) is 16.9. The van der Waals surface area contributed by atoms with Crippen molar-refractivity contribution in [3.63, 3.8) is 0 Å². The van der Waals surface area contributed by atoms with Gasteiger partial charge in [0.2, 0.25) is 0 Å². The summed E-state index contributed by atoms with van der Waals surface area (Å²) < 4.78 is 1.59. The van der Waals surface area contributed by atoms with Crippen molar-refractivity contribution in [2.45, 2.75) is 32.2 Å². The highest BCUT2D eigenvalue weighted by molar-refractivity contribution is 6.02. The first kappa shape index (κ1) is 15.7. The van der Waals surface area contributed by atoms with E-state index in [0.717, 1.165) is 18.4 Å². The third-order valence-corrected chi connectivity index (χ3v) is 3.85. The molecular formula is C17H17N5O2. The molecule has 2 amide bonds. The fourth-order valence-corrected chi connectivity index (χ4v) is 2.70. The molecule has 0 unspecified atom stereocenters. The number of nitrogens with one attached hydrogen (secondary N) is 2. The molecule has 1 aliphatic carbocycles. The summed E-state index contributed by atoms with van der Waals surface area (Å²) in [4.78, 5) is 24.0. The molecule has 1 heterocycles. The predicted molar refractivity (Wildman–Crippen MR) is 88.8 cm³/mol. The van der Waals surface area contributed by atoms with E-state index < -0.39 is 6.03 Å². The molecule has 0 saturated heterocycles. The molecule has 2 N–H and O–H groups in total. The zero-order valence-corrected chi connectivity index (χ0v) is 13.1. The Balaban J connectivity index is 1.63. The van der Waals surface area contributed by atoms with Crippen LogP contribution < -0.4 is 10.6 Å². The second-order valence-electron chi connectivity index (χ2n) is 5.60. The van der Waals surface area contributed by atoms with Crippen molar-refractivity contribution < 1.29 is 9.59 Å². The minimum absolute atomic E-state index is 0.122. The van der Waals surface area contributed by atoms with Crippen LogP contribution in [0.15, 0.2) is 30.5 Å². The summed E-state index contributed by atoms with van der Waals surface area (Å²) >= 11 is 0. The summed E-state index contributed by atoms with van der Waals surface area (Å²) in [5, 5.41) is 18.0. The largest absolute Gasteiger partial charge is 0.324 e. The Hall–Kier alpha value is -3.14. The lowest BCUT2D eigenvalue weighted by Crippen LogP contribution is -2.20. The van der Waals surface area contributed by atoms with Gasteiger partial charge in [0.25, 0.3) is 0 Å². The molecule has 0 spiro atoms. The number of rotatable bonds is 4. The van der Waals surface area contributed by atoms with Crippen molar-refractivity contribution in [1.29, 1.82) is 5.26 Å². The number of carbonyl (C=O) groups excluding carboxylic acids is 2. The quantitative estimate of drug-likeness (QED) is 0.903. The van der Waals surface area contributed by atoms with Crippen LogP contribution in [0.25, 0.3) is 0 Å². The van der Waals surface area contributed by atoms with Crippen molar-refractivity contribution in [1.82, 2.24) is 9.78 Å². The van der Waals surface area contributed by atoms with Crippen LogP contribution in [0.5, 0.6) is 0 Å². The van der Waals surface area contributed by atoms with Crippen LogP contribution >= 0.6 is 0 Å². The Morgan fingerprint density at radius 1 is 1.29 bits per heavy atom. The number of benzene rings is 1. The average Bonchev–Trinajstić information content (AvgIpc) is 3.01. The highest BCUT2D eigenvalue weighted by Crippen LogP contribution is 2.24. The molecule has 0 aliphatic heterocycles. The third kappa shape index (κ3) is 3.60. The molecule has 7 heteroatoms. The van der Waals surface area contributed by atoms with Gasteiger partial charge < -0.3 is 5.32 Å². The lowest BCUT2D eigenvalue weighted by molar-refractivity contribution is 0.0972. The molecule has 1 aliphatic rings. The standard InChI is InChI=1S/C17H17N5O2/c18-8-2-9-22-10-7-16(21-22)20-17(24)19-13-6-5-12-3-1-4-15(23)14(12)11-13/h5-7,10-11H,1-4,9H2,(H2,19,20,21,24). The molecule has 24 heavy (non-hydrogen) atoms.